The van der Waals surface area contributed by atoms with Crippen molar-refractivity contribution in [3.8, 4) is 0 Å². The zero-order valence-corrected chi connectivity index (χ0v) is 6.32. The molecule has 0 bridgehead atoms. The molecular weight excluding hydrogens is 145 g/mol. The molecule has 0 saturated heterocycles. The zero-order chi connectivity index (χ0) is 8.06. The molecule has 1 saturated carbocycles. The lowest BCUT2D eigenvalue weighted by Crippen LogP contribution is -2.03. The minimum absolute atomic E-state index is 0.0191. The molecule has 3 nitrogen and oxygen atoms in total. The van der Waals surface area contributed by atoms with Crippen molar-refractivity contribution in [2.24, 2.45) is 0 Å². The van der Waals surface area contributed by atoms with Crippen LogP contribution in [0.15, 0.2) is 0 Å². The van der Waals surface area contributed by atoms with Gasteiger partial charge in [-0.05, 0) is 12.8 Å². The van der Waals surface area contributed by atoms with Gasteiger partial charge in [-0.3, -0.25) is 5.10 Å². The SMILES string of the molecule is CC1(c2[nH]nc(N)c2F)CC1. The Balaban J connectivity index is 2.45. The predicted octanol–water partition coefficient (Wildman–Crippen LogP) is 1.18. The van der Waals surface area contributed by atoms with Crippen LogP contribution in [0.2, 0.25) is 0 Å². The second-order valence-corrected chi connectivity index (χ2v) is 3.36. The first-order valence-electron chi connectivity index (χ1n) is 3.63. The number of aromatic nitrogens is 2. The first-order chi connectivity index (χ1) is 5.13. The van der Waals surface area contributed by atoms with E-state index in [4.69, 9.17) is 5.73 Å². The number of hydrogen-bond donors (Lipinski definition) is 2. The molecule has 1 aromatic rings. The Labute approximate surface area is 63.8 Å². The zero-order valence-electron chi connectivity index (χ0n) is 6.32. The van der Waals surface area contributed by atoms with Crippen molar-refractivity contribution >= 4 is 5.82 Å². The summed E-state index contributed by atoms with van der Waals surface area (Å²) in [7, 11) is 0. The van der Waals surface area contributed by atoms with Crippen molar-refractivity contribution in [3.63, 3.8) is 0 Å². The van der Waals surface area contributed by atoms with E-state index >= 15 is 0 Å². The summed E-state index contributed by atoms with van der Waals surface area (Å²) in [5.41, 5.74) is 5.79. The van der Waals surface area contributed by atoms with Gasteiger partial charge in [-0.1, -0.05) is 6.92 Å². The number of nitrogens with one attached hydrogen (secondary N) is 1. The van der Waals surface area contributed by atoms with Gasteiger partial charge in [-0.2, -0.15) is 5.10 Å². The van der Waals surface area contributed by atoms with Gasteiger partial charge in [-0.15, -0.1) is 0 Å². The number of nitrogens with zero attached hydrogens (tertiary/aromatic N) is 1. The fourth-order valence-corrected chi connectivity index (χ4v) is 1.18. The van der Waals surface area contributed by atoms with E-state index in [9.17, 15) is 4.39 Å². The smallest absolute Gasteiger partial charge is 0.188 e. The summed E-state index contributed by atoms with van der Waals surface area (Å²) < 4.78 is 13.1. The van der Waals surface area contributed by atoms with Crippen LogP contribution >= 0.6 is 0 Å². The van der Waals surface area contributed by atoms with Gasteiger partial charge in [0.2, 0.25) is 0 Å². The molecule has 0 radical (unpaired) electrons. The molecule has 0 aliphatic heterocycles. The van der Waals surface area contributed by atoms with Gasteiger partial charge in [0, 0.05) is 5.41 Å². The molecule has 0 aromatic carbocycles. The van der Waals surface area contributed by atoms with Crippen LogP contribution in [0, 0.1) is 5.82 Å². The highest BCUT2D eigenvalue weighted by molar-refractivity contribution is 5.37. The Morgan fingerprint density at radius 1 is 1.64 bits per heavy atom. The predicted molar refractivity (Wildman–Crippen MR) is 39.5 cm³/mol. The van der Waals surface area contributed by atoms with E-state index in [2.05, 4.69) is 10.2 Å². The first kappa shape index (κ1) is 6.64. The van der Waals surface area contributed by atoms with Crippen molar-refractivity contribution in [3.05, 3.63) is 11.5 Å². The normalized spacial score (nSPS) is 20.2. The molecule has 0 unspecified atom stereocenters. The summed E-state index contributed by atoms with van der Waals surface area (Å²) in [6, 6.07) is 0. The van der Waals surface area contributed by atoms with E-state index < -0.39 is 0 Å². The van der Waals surface area contributed by atoms with Crippen LogP contribution in [0.5, 0.6) is 0 Å². The van der Waals surface area contributed by atoms with Crippen LogP contribution in [0.1, 0.15) is 25.5 Å². The van der Waals surface area contributed by atoms with Gasteiger partial charge >= 0.3 is 0 Å². The maximum absolute atomic E-state index is 13.1. The Kier molecular flexibility index (Phi) is 1.06. The number of H-pyrrole nitrogens is 1. The lowest BCUT2D eigenvalue weighted by atomic mass is 10.1. The quantitative estimate of drug-likeness (QED) is 0.639. The lowest BCUT2D eigenvalue weighted by Gasteiger charge is -2.02. The molecule has 60 valence electrons. The first-order valence-corrected chi connectivity index (χ1v) is 3.63. The second kappa shape index (κ2) is 1.75. The molecule has 0 amide bonds. The molecule has 3 N–H and O–H groups in total. The van der Waals surface area contributed by atoms with Gasteiger partial charge in [0.05, 0.1) is 5.69 Å². The van der Waals surface area contributed by atoms with Crippen LogP contribution < -0.4 is 5.73 Å². The van der Waals surface area contributed by atoms with E-state index in [1.165, 1.54) is 0 Å². The second-order valence-electron chi connectivity index (χ2n) is 3.36. The minimum atomic E-state index is -0.370. The molecule has 11 heavy (non-hydrogen) atoms. The summed E-state index contributed by atoms with van der Waals surface area (Å²) in [5.74, 6) is -0.391. The van der Waals surface area contributed by atoms with E-state index in [1.807, 2.05) is 6.92 Å². The van der Waals surface area contributed by atoms with Crippen molar-refractivity contribution in [1.82, 2.24) is 10.2 Å². The van der Waals surface area contributed by atoms with Gasteiger partial charge in [0.25, 0.3) is 0 Å². The van der Waals surface area contributed by atoms with E-state index in [1.54, 1.807) is 0 Å². The average Bonchev–Trinajstić information content (AvgIpc) is 2.60. The lowest BCUT2D eigenvalue weighted by molar-refractivity contribution is 0.585. The molecular formula is C7H10FN3. The maximum Gasteiger partial charge on any atom is 0.188 e. The van der Waals surface area contributed by atoms with Crippen molar-refractivity contribution in [1.29, 1.82) is 0 Å². The monoisotopic (exact) mass is 155 g/mol. The summed E-state index contributed by atoms with van der Waals surface area (Å²) in [6.45, 7) is 2.00. The van der Waals surface area contributed by atoms with Crippen LogP contribution in [0.3, 0.4) is 0 Å². The Hall–Kier alpha value is -1.06. The van der Waals surface area contributed by atoms with E-state index in [0.29, 0.717) is 5.69 Å². The highest BCUT2D eigenvalue weighted by Crippen LogP contribution is 2.47. The van der Waals surface area contributed by atoms with Crippen molar-refractivity contribution < 1.29 is 4.39 Å². The molecule has 1 fully saturated rings. The Morgan fingerprint density at radius 3 is 2.64 bits per heavy atom. The fourth-order valence-electron chi connectivity index (χ4n) is 1.18. The molecule has 1 heterocycles. The van der Waals surface area contributed by atoms with Gasteiger partial charge in [0.1, 0.15) is 0 Å². The van der Waals surface area contributed by atoms with Crippen LogP contribution in [0.4, 0.5) is 10.2 Å². The number of hydrogen-bond acceptors (Lipinski definition) is 2. The van der Waals surface area contributed by atoms with Gasteiger partial charge < -0.3 is 5.73 Å². The average molecular weight is 155 g/mol. The molecule has 2 rings (SSSR count). The summed E-state index contributed by atoms with van der Waals surface area (Å²) in [5, 5.41) is 6.23. The van der Waals surface area contributed by atoms with Crippen LogP contribution in [-0.2, 0) is 5.41 Å². The highest BCUT2D eigenvalue weighted by Gasteiger charge is 2.43. The topological polar surface area (TPSA) is 54.7 Å². The van der Waals surface area contributed by atoms with Gasteiger partial charge in [-0.25, -0.2) is 4.39 Å². The molecule has 0 spiro atoms. The van der Waals surface area contributed by atoms with Crippen molar-refractivity contribution in [2.45, 2.75) is 25.2 Å². The third-order valence-electron chi connectivity index (χ3n) is 2.34. The van der Waals surface area contributed by atoms with E-state index in [-0.39, 0.29) is 17.1 Å². The molecule has 4 heteroatoms. The number of rotatable bonds is 1. The van der Waals surface area contributed by atoms with Crippen LogP contribution in [0.25, 0.3) is 0 Å². The number of nitrogen functional groups attached to an aromatic ring is 1. The molecule has 1 aliphatic carbocycles. The van der Waals surface area contributed by atoms with E-state index in [0.717, 1.165) is 12.8 Å². The number of anilines is 1. The number of aromatic amines is 1. The summed E-state index contributed by atoms with van der Waals surface area (Å²) in [6.07, 6.45) is 2.04. The van der Waals surface area contributed by atoms with Gasteiger partial charge in [0.15, 0.2) is 11.6 Å². The Bertz CT molecular complexity index is 288. The molecule has 1 aromatic heterocycles. The third kappa shape index (κ3) is 0.818. The standard InChI is InChI=1S/C7H10FN3/c1-7(2-3-7)5-4(8)6(9)11-10-5/h2-3H2,1H3,(H3,9,10,11). The fraction of sp³-hybridized carbons (Fsp3) is 0.571. The minimum Gasteiger partial charge on any atom is -0.380 e. The summed E-state index contributed by atoms with van der Waals surface area (Å²) >= 11 is 0. The maximum atomic E-state index is 13.1. The molecule has 0 atom stereocenters. The number of nitrogens with two attached hydrogens (primary N) is 1. The molecule has 1 aliphatic rings. The largest absolute Gasteiger partial charge is 0.380 e. The van der Waals surface area contributed by atoms with Crippen molar-refractivity contribution in [2.75, 3.05) is 5.73 Å². The third-order valence-corrected chi connectivity index (χ3v) is 2.34. The Morgan fingerprint density at radius 2 is 2.27 bits per heavy atom. The summed E-state index contributed by atoms with van der Waals surface area (Å²) in [4.78, 5) is 0. The number of halogens is 1. The van der Waals surface area contributed by atoms with Crippen LogP contribution in [-0.4, -0.2) is 10.2 Å². The highest BCUT2D eigenvalue weighted by atomic mass is 19.1.